The van der Waals surface area contributed by atoms with E-state index in [4.69, 9.17) is 4.74 Å². The smallest absolute Gasteiger partial charge is 0.0587 e. The second-order valence-electron chi connectivity index (χ2n) is 3.72. The van der Waals surface area contributed by atoms with Gasteiger partial charge in [-0.15, -0.1) is 0 Å². The molecule has 0 aromatic heterocycles. The van der Waals surface area contributed by atoms with Crippen molar-refractivity contribution < 1.29 is 4.74 Å². The third-order valence-electron chi connectivity index (χ3n) is 2.41. The molecule has 0 aliphatic carbocycles. The maximum absolute atomic E-state index is 4.97. The van der Waals surface area contributed by atoms with Crippen LogP contribution < -0.4 is 5.32 Å². The van der Waals surface area contributed by atoms with Gasteiger partial charge in [-0.05, 0) is 0 Å². The molecule has 14 heavy (non-hydrogen) atoms. The summed E-state index contributed by atoms with van der Waals surface area (Å²) >= 11 is 2.09. The molecule has 1 heterocycles. The Morgan fingerprint density at radius 1 is 1.50 bits per heavy atom. The first-order valence-corrected chi connectivity index (χ1v) is 6.41. The zero-order valence-corrected chi connectivity index (χ0v) is 10.1. The van der Waals surface area contributed by atoms with Crippen LogP contribution in [0.5, 0.6) is 0 Å². The van der Waals surface area contributed by atoms with E-state index in [1.54, 1.807) is 7.11 Å². The van der Waals surface area contributed by atoms with Crippen LogP contribution >= 0.6 is 11.8 Å². The minimum absolute atomic E-state index is 0.808. The van der Waals surface area contributed by atoms with Gasteiger partial charge in [-0.1, -0.05) is 6.92 Å². The first-order chi connectivity index (χ1) is 6.83. The van der Waals surface area contributed by atoms with Gasteiger partial charge in [0.05, 0.1) is 6.61 Å². The fourth-order valence-corrected chi connectivity index (χ4v) is 2.71. The first kappa shape index (κ1) is 12.3. The van der Waals surface area contributed by atoms with Crippen LogP contribution in [0.3, 0.4) is 0 Å². The summed E-state index contributed by atoms with van der Waals surface area (Å²) < 4.78 is 4.97. The largest absolute Gasteiger partial charge is 0.383 e. The van der Waals surface area contributed by atoms with Gasteiger partial charge in [-0.25, -0.2) is 0 Å². The van der Waals surface area contributed by atoms with Crippen LogP contribution in [0, 0.1) is 0 Å². The lowest BCUT2D eigenvalue weighted by Gasteiger charge is -2.30. The lowest BCUT2D eigenvalue weighted by molar-refractivity contribution is 0.197. The Morgan fingerprint density at radius 3 is 3.07 bits per heavy atom. The molecule has 4 heteroatoms. The number of nitrogens with zero attached hydrogens (tertiary/aromatic N) is 1. The summed E-state index contributed by atoms with van der Waals surface area (Å²) in [6.07, 6.45) is 0. The quantitative estimate of drug-likeness (QED) is 0.662. The third kappa shape index (κ3) is 5.20. The van der Waals surface area contributed by atoms with Crippen molar-refractivity contribution in [2.75, 3.05) is 52.2 Å². The Labute approximate surface area is 91.6 Å². The Hall–Kier alpha value is 0.230. The van der Waals surface area contributed by atoms with E-state index in [0.29, 0.717) is 0 Å². The van der Waals surface area contributed by atoms with Crippen molar-refractivity contribution in [2.45, 2.75) is 12.2 Å². The van der Waals surface area contributed by atoms with E-state index in [2.05, 4.69) is 28.9 Å². The molecule has 0 bridgehead atoms. The third-order valence-corrected chi connectivity index (χ3v) is 3.55. The molecule has 1 unspecified atom stereocenters. The highest BCUT2D eigenvalue weighted by atomic mass is 32.2. The van der Waals surface area contributed by atoms with Gasteiger partial charge in [-0.3, -0.25) is 0 Å². The Bertz CT molecular complexity index is 146. The predicted molar refractivity (Wildman–Crippen MR) is 63.1 cm³/mol. The van der Waals surface area contributed by atoms with Crippen LogP contribution in [-0.2, 0) is 4.74 Å². The van der Waals surface area contributed by atoms with Crippen LogP contribution in [0.15, 0.2) is 0 Å². The molecule has 1 atom stereocenters. The fraction of sp³-hybridized carbons (Fsp3) is 1.00. The molecule has 0 aromatic rings. The molecular formula is C10H22N2OS. The van der Waals surface area contributed by atoms with Gasteiger partial charge in [0, 0.05) is 50.8 Å². The zero-order chi connectivity index (χ0) is 10.2. The van der Waals surface area contributed by atoms with Crippen LogP contribution in [0.2, 0.25) is 0 Å². The maximum Gasteiger partial charge on any atom is 0.0587 e. The molecule has 1 fully saturated rings. The van der Waals surface area contributed by atoms with Crippen molar-refractivity contribution in [1.29, 1.82) is 0 Å². The lowest BCUT2D eigenvalue weighted by Crippen LogP contribution is -2.40. The lowest BCUT2D eigenvalue weighted by atomic mass is 10.4. The van der Waals surface area contributed by atoms with Crippen LogP contribution in [0.1, 0.15) is 6.92 Å². The number of hydrogen-bond donors (Lipinski definition) is 1. The average molecular weight is 218 g/mol. The summed E-state index contributed by atoms with van der Waals surface area (Å²) in [6.45, 7) is 8.85. The van der Waals surface area contributed by atoms with Gasteiger partial charge >= 0.3 is 0 Å². The molecule has 0 saturated carbocycles. The summed E-state index contributed by atoms with van der Waals surface area (Å²) in [4.78, 5) is 2.54. The van der Waals surface area contributed by atoms with Crippen molar-refractivity contribution in [3.63, 3.8) is 0 Å². The number of nitrogens with one attached hydrogen (secondary N) is 1. The number of thioether (sulfide) groups is 1. The maximum atomic E-state index is 4.97. The first-order valence-electron chi connectivity index (χ1n) is 5.36. The summed E-state index contributed by atoms with van der Waals surface area (Å²) in [5.74, 6) is 1.29. The number of rotatable bonds is 6. The highest BCUT2D eigenvalue weighted by Crippen LogP contribution is 2.16. The molecule has 1 saturated heterocycles. The molecule has 1 N–H and O–H groups in total. The van der Waals surface area contributed by atoms with Crippen molar-refractivity contribution in [1.82, 2.24) is 10.2 Å². The van der Waals surface area contributed by atoms with Gasteiger partial charge in [0.25, 0.3) is 0 Å². The second-order valence-corrected chi connectivity index (χ2v) is 5.27. The molecule has 0 radical (unpaired) electrons. The van der Waals surface area contributed by atoms with Gasteiger partial charge in [-0.2, -0.15) is 11.8 Å². The second kappa shape index (κ2) is 7.51. The molecule has 3 nitrogen and oxygen atoms in total. The van der Waals surface area contributed by atoms with Crippen molar-refractivity contribution >= 4 is 11.8 Å². The highest BCUT2D eigenvalue weighted by Gasteiger charge is 2.15. The minimum atomic E-state index is 0.808. The van der Waals surface area contributed by atoms with E-state index in [1.807, 2.05) is 0 Å². The molecular weight excluding hydrogens is 196 g/mol. The van der Waals surface area contributed by atoms with E-state index in [0.717, 1.165) is 24.9 Å². The van der Waals surface area contributed by atoms with Gasteiger partial charge in [0.15, 0.2) is 0 Å². The zero-order valence-electron chi connectivity index (χ0n) is 9.29. The number of ether oxygens (including phenoxy) is 1. The molecule has 1 rings (SSSR count). The summed E-state index contributed by atoms with van der Waals surface area (Å²) in [6, 6.07) is 0. The summed E-state index contributed by atoms with van der Waals surface area (Å²) in [5, 5.41) is 4.18. The number of hydrogen-bond acceptors (Lipinski definition) is 4. The molecule has 0 aromatic carbocycles. The van der Waals surface area contributed by atoms with E-state index in [-0.39, 0.29) is 0 Å². The fourth-order valence-electron chi connectivity index (χ4n) is 1.63. The number of methoxy groups -OCH3 is 1. The summed E-state index contributed by atoms with van der Waals surface area (Å²) in [7, 11) is 1.74. The van der Waals surface area contributed by atoms with Crippen LogP contribution in [0.25, 0.3) is 0 Å². The van der Waals surface area contributed by atoms with Gasteiger partial charge in [0.1, 0.15) is 0 Å². The van der Waals surface area contributed by atoms with Crippen LogP contribution in [-0.4, -0.2) is 62.3 Å². The van der Waals surface area contributed by atoms with Crippen molar-refractivity contribution in [2.24, 2.45) is 0 Å². The molecule has 84 valence electrons. The SMILES string of the molecule is COCCNCCN1CCSC(C)C1. The Balaban J connectivity index is 1.95. The average Bonchev–Trinajstić information content (AvgIpc) is 2.18. The minimum Gasteiger partial charge on any atom is -0.383 e. The van der Waals surface area contributed by atoms with E-state index < -0.39 is 0 Å². The molecule has 0 spiro atoms. The summed E-state index contributed by atoms with van der Waals surface area (Å²) in [5.41, 5.74) is 0. The van der Waals surface area contributed by atoms with E-state index in [1.165, 1.54) is 25.4 Å². The van der Waals surface area contributed by atoms with Crippen molar-refractivity contribution in [3.8, 4) is 0 Å². The predicted octanol–water partition coefficient (Wildman–Crippen LogP) is 0.660. The molecule has 0 amide bonds. The standard InChI is InChI=1S/C10H22N2OS/c1-10-9-12(6-8-14-10)5-3-11-4-7-13-2/h10-11H,3-9H2,1-2H3. The highest BCUT2D eigenvalue weighted by molar-refractivity contribution is 7.99. The molecule has 1 aliphatic rings. The van der Waals surface area contributed by atoms with Gasteiger partial charge < -0.3 is 15.0 Å². The van der Waals surface area contributed by atoms with E-state index >= 15 is 0 Å². The van der Waals surface area contributed by atoms with Crippen LogP contribution in [0.4, 0.5) is 0 Å². The van der Waals surface area contributed by atoms with Crippen molar-refractivity contribution in [3.05, 3.63) is 0 Å². The van der Waals surface area contributed by atoms with Gasteiger partial charge in [0.2, 0.25) is 0 Å². The topological polar surface area (TPSA) is 24.5 Å². The Morgan fingerprint density at radius 2 is 2.36 bits per heavy atom. The molecule has 1 aliphatic heterocycles. The van der Waals surface area contributed by atoms with E-state index in [9.17, 15) is 0 Å². The Kier molecular flexibility index (Phi) is 6.60. The normalized spacial score (nSPS) is 24.0. The monoisotopic (exact) mass is 218 g/mol.